The van der Waals surface area contributed by atoms with Crippen LogP contribution in [-0.2, 0) is 0 Å². The fourth-order valence-electron chi connectivity index (χ4n) is 2.80. The van der Waals surface area contributed by atoms with Crippen LogP contribution in [0, 0.1) is 31.0 Å². The number of rotatable bonds is 3. The summed E-state index contributed by atoms with van der Waals surface area (Å²) in [6.07, 6.45) is -0.615. The van der Waals surface area contributed by atoms with Crippen molar-refractivity contribution in [2.24, 2.45) is 5.73 Å². The van der Waals surface area contributed by atoms with Gasteiger partial charge in [0.05, 0.1) is 17.3 Å². The third-order valence-electron chi connectivity index (χ3n) is 4.10. The van der Waals surface area contributed by atoms with Crippen molar-refractivity contribution >= 4 is 32.5 Å². The van der Waals surface area contributed by atoms with Crippen molar-refractivity contribution in [3.05, 3.63) is 63.0 Å². The van der Waals surface area contributed by atoms with E-state index in [0.29, 0.717) is 32.3 Å². The van der Waals surface area contributed by atoms with E-state index in [1.807, 2.05) is 13.0 Å². The first-order valence-corrected chi connectivity index (χ1v) is 8.35. The van der Waals surface area contributed by atoms with E-state index in [2.05, 4.69) is 37.5 Å². The van der Waals surface area contributed by atoms with Crippen molar-refractivity contribution in [3.8, 4) is 6.07 Å². The van der Waals surface area contributed by atoms with Crippen molar-refractivity contribution < 1.29 is 4.39 Å². The number of nitrogens with one attached hydrogen (secondary N) is 1. The Bertz CT molecular complexity index is 1010. The first-order chi connectivity index (χ1) is 11.9. The Kier molecular flexibility index (Phi) is 4.66. The van der Waals surface area contributed by atoms with Gasteiger partial charge in [-0.1, -0.05) is 28.1 Å². The molecule has 25 heavy (non-hydrogen) atoms. The van der Waals surface area contributed by atoms with Crippen molar-refractivity contribution in [3.63, 3.8) is 0 Å². The molecule has 0 aliphatic carbocycles. The number of fused-ring (bicyclic) bond motifs is 1. The first-order valence-electron chi connectivity index (χ1n) is 7.56. The summed E-state index contributed by atoms with van der Waals surface area (Å²) in [5.74, 6) is 0.00566. The number of nitrogens with two attached hydrogens (primary N) is 1. The fraction of sp³-hybridized carbons (Fsp3) is 0.167. The molecule has 3 aromatic rings. The molecule has 0 bridgehead atoms. The summed E-state index contributed by atoms with van der Waals surface area (Å²) in [6.45, 7) is 3.54. The minimum atomic E-state index is -0.615. The van der Waals surface area contributed by atoms with Crippen molar-refractivity contribution in [2.75, 3.05) is 5.32 Å². The maximum absolute atomic E-state index is 14.3. The molecule has 0 aliphatic rings. The lowest BCUT2D eigenvalue weighted by atomic mass is 10.0. The van der Waals surface area contributed by atoms with Gasteiger partial charge in [0.2, 0.25) is 0 Å². The van der Waals surface area contributed by atoms with Gasteiger partial charge in [-0.2, -0.15) is 10.4 Å². The Morgan fingerprint density at radius 2 is 2.04 bits per heavy atom. The Morgan fingerprint density at radius 1 is 1.28 bits per heavy atom. The second kappa shape index (κ2) is 6.75. The van der Waals surface area contributed by atoms with Crippen LogP contribution in [0.4, 0.5) is 10.2 Å². The molecule has 126 valence electrons. The van der Waals surface area contributed by atoms with E-state index in [1.165, 1.54) is 6.07 Å². The molecule has 3 rings (SSSR count). The predicted molar refractivity (Wildman–Crippen MR) is 98.4 cm³/mol. The van der Waals surface area contributed by atoms with E-state index in [0.717, 1.165) is 11.1 Å². The van der Waals surface area contributed by atoms with E-state index in [9.17, 15) is 4.39 Å². The van der Waals surface area contributed by atoms with Gasteiger partial charge in [0.15, 0.2) is 5.82 Å². The van der Waals surface area contributed by atoms with Crippen LogP contribution in [0.2, 0.25) is 0 Å². The second-order valence-electron chi connectivity index (χ2n) is 5.70. The summed E-state index contributed by atoms with van der Waals surface area (Å²) in [5.41, 5.74) is 8.89. The number of halogens is 2. The maximum Gasteiger partial charge on any atom is 0.158 e. The van der Waals surface area contributed by atoms with Crippen LogP contribution in [-0.4, -0.2) is 10.2 Å². The molecule has 1 heterocycles. The third kappa shape index (κ3) is 3.18. The van der Waals surface area contributed by atoms with Crippen molar-refractivity contribution in [1.29, 1.82) is 5.26 Å². The highest BCUT2D eigenvalue weighted by molar-refractivity contribution is 9.10. The summed E-state index contributed by atoms with van der Waals surface area (Å²) in [5, 5.41) is 21.4. The molecule has 0 unspecified atom stereocenters. The van der Waals surface area contributed by atoms with Gasteiger partial charge in [-0.3, -0.25) is 0 Å². The number of nitriles is 1. The number of benzene rings is 2. The molecule has 2 aromatic carbocycles. The van der Waals surface area contributed by atoms with Crippen LogP contribution in [0.15, 0.2) is 34.8 Å². The molecule has 0 spiro atoms. The van der Waals surface area contributed by atoms with E-state index in [-0.39, 0.29) is 5.82 Å². The number of anilines is 1. The SMILES string of the molecule is Cc1c(C#N)cccc1[C@@H](N)Nc1nnc(C)c2c(F)cc(Br)cc12. The highest BCUT2D eigenvalue weighted by Gasteiger charge is 2.16. The quantitative estimate of drug-likeness (QED) is 0.647. The third-order valence-corrected chi connectivity index (χ3v) is 4.55. The van der Waals surface area contributed by atoms with Crippen LogP contribution in [0.3, 0.4) is 0 Å². The van der Waals surface area contributed by atoms with Gasteiger partial charge in [0.1, 0.15) is 12.0 Å². The first kappa shape index (κ1) is 17.3. The molecular formula is C18H15BrFN5. The van der Waals surface area contributed by atoms with Gasteiger partial charge in [0.25, 0.3) is 0 Å². The Morgan fingerprint density at radius 3 is 2.76 bits per heavy atom. The molecule has 0 saturated heterocycles. The zero-order chi connectivity index (χ0) is 18.1. The monoisotopic (exact) mass is 399 g/mol. The summed E-state index contributed by atoms with van der Waals surface area (Å²) in [6, 6.07) is 10.7. The number of nitrogens with zero attached hydrogens (tertiary/aromatic N) is 3. The summed E-state index contributed by atoms with van der Waals surface area (Å²) in [7, 11) is 0. The molecule has 3 N–H and O–H groups in total. The van der Waals surface area contributed by atoms with Crippen molar-refractivity contribution in [2.45, 2.75) is 20.0 Å². The number of hydrogen-bond acceptors (Lipinski definition) is 5. The molecule has 5 nitrogen and oxygen atoms in total. The fourth-order valence-corrected chi connectivity index (χ4v) is 3.23. The van der Waals surface area contributed by atoms with E-state index in [4.69, 9.17) is 11.0 Å². The minimum absolute atomic E-state index is 0.379. The van der Waals surface area contributed by atoms with Gasteiger partial charge in [-0.05, 0) is 43.2 Å². The zero-order valence-electron chi connectivity index (χ0n) is 13.6. The highest BCUT2D eigenvalue weighted by atomic mass is 79.9. The lowest BCUT2D eigenvalue weighted by molar-refractivity contribution is 0.637. The number of aromatic nitrogens is 2. The zero-order valence-corrected chi connectivity index (χ0v) is 15.2. The van der Waals surface area contributed by atoms with Crippen LogP contribution in [0.1, 0.15) is 28.6 Å². The van der Waals surface area contributed by atoms with Gasteiger partial charge in [0, 0.05) is 15.2 Å². The average molecular weight is 400 g/mol. The largest absolute Gasteiger partial charge is 0.349 e. The van der Waals surface area contributed by atoms with Crippen LogP contribution < -0.4 is 11.1 Å². The van der Waals surface area contributed by atoms with Crippen LogP contribution in [0.25, 0.3) is 10.8 Å². The molecule has 0 radical (unpaired) electrons. The van der Waals surface area contributed by atoms with Gasteiger partial charge in [-0.15, -0.1) is 5.10 Å². The molecule has 0 fully saturated rings. The molecular weight excluding hydrogens is 385 g/mol. The highest BCUT2D eigenvalue weighted by Crippen LogP contribution is 2.30. The Balaban J connectivity index is 2.07. The summed E-state index contributed by atoms with van der Waals surface area (Å²) >= 11 is 3.30. The second-order valence-corrected chi connectivity index (χ2v) is 6.61. The van der Waals surface area contributed by atoms with Crippen LogP contribution in [0.5, 0.6) is 0 Å². The minimum Gasteiger partial charge on any atom is -0.349 e. The Hall–Kier alpha value is -2.56. The maximum atomic E-state index is 14.3. The van der Waals surface area contributed by atoms with Crippen LogP contribution >= 0.6 is 15.9 Å². The predicted octanol–water partition coefficient (Wildman–Crippen LogP) is 4.09. The summed E-state index contributed by atoms with van der Waals surface area (Å²) < 4.78 is 14.9. The smallest absolute Gasteiger partial charge is 0.158 e. The molecule has 0 amide bonds. The van der Waals surface area contributed by atoms with E-state index < -0.39 is 6.17 Å². The number of hydrogen-bond donors (Lipinski definition) is 2. The van der Waals surface area contributed by atoms with E-state index in [1.54, 1.807) is 25.1 Å². The van der Waals surface area contributed by atoms with Gasteiger partial charge in [-0.25, -0.2) is 4.39 Å². The number of aryl methyl sites for hydroxylation is 1. The van der Waals surface area contributed by atoms with Crippen molar-refractivity contribution in [1.82, 2.24) is 10.2 Å². The lowest BCUT2D eigenvalue weighted by Gasteiger charge is -2.19. The van der Waals surface area contributed by atoms with E-state index >= 15 is 0 Å². The normalized spacial score (nSPS) is 12.0. The molecule has 0 saturated carbocycles. The van der Waals surface area contributed by atoms with Gasteiger partial charge < -0.3 is 11.1 Å². The standard InChI is InChI=1S/C18H15BrFN5/c1-9-11(8-21)4-3-5-13(9)17(22)23-18-14-6-12(19)7-15(20)16(14)10(2)24-25-18/h3-7,17H,22H2,1-2H3,(H,23,25)/t17-/m0/s1. The van der Waals surface area contributed by atoms with Gasteiger partial charge >= 0.3 is 0 Å². The molecule has 1 atom stereocenters. The average Bonchev–Trinajstić information content (AvgIpc) is 2.57. The molecule has 1 aromatic heterocycles. The molecule has 0 aliphatic heterocycles. The molecule has 7 heteroatoms. The Labute approximate surface area is 152 Å². The topological polar surface area (TPSA) is 87.6 Å². The lowest BCUT2D eigenvalue weighted by Crippen LogP contribution is -2.22. The summed E-state index contributed by atoms with van der Waals surface area (Å²) in [4.78, 5) is 0.